The van der Waals surface area contributed by atoms with E-state index in [1.54, 1.807) is 0 Å². The van der Waals surface area contributed by atoms with Crippen molar-refractivity contribution in [3.8, 4) is 0 Å². The Morgan fingerprint density at radius 2 is 1.72 bits per heavy atom. The zero-order chi connectivity index (χ0) is 20.1. The van der Waals surface area contributed by atoms with E-state index in [0.29, 0.717) is 12.5 Å². The number of hydrogen-bond acceptors (Lipinski definition) is 4. The minimum absolute atomic E-state index is 0.151. The summed E-state index contributed by atoms with van der Waals surface area (Å²) in [6.07, 6.45) is 5.87. The number of rotatable bonds is 5. The van der Waals surface area contributed by atoms with Crippen molar-refractivity contribution < 1.29 is 9.53 Å². The van der Waals surface area contributed by atoms with E-state index in [9.17, 15) is 4.79 Å². The summed E-state index contributed by atoms with van der Waals surface area (Å²) in [6.45, 7) is 6.16. The monoisotopic (exact) mass is 393 g/mol. The van der Waals surface area contributed by atoms with Crippen molar-refractivity contribution in [2.24, 2.45) is 5.92 Å². The molecule has 1 amide bonds. The van der Waals surface area contributed by atoms with Crippen molar-refractivity contribution in [3.05, 3.63) is 59.8 Å². The van der Waals surface area contributed by atoms with Crippen LogP contribution in [0, 0.1) is 12.8 Å². The van der Waals surface area contributed by atoms with Crippen molar-refractivity contribution in [1.29, 1.82) is 0 Å². The Labute approximate surface area is 173 Å². The second-order valence-corrected chi connectivity index (χ2v) is 8.28. The van der Waals surface area contributed by atoms with Gasteiger partial charge in [-0.3, -0.25) is 4.79 Å². The summed E-state index contributed by atoms with van der Waals surface area (Å²) in [5.74, 6) is 1.51. The molecule has 2 fully saturated rings. The summed E-state index contributed by atoms with van der Waals surface area (Å²) < 4.78 is 6.06. The van der Waals surface area contributed by atoms with Crippen molar-refractivity contribution in [2.75, 3.05) is 31.1 Å². The zero-order valence-electron chi connectivity index (χ0n) is 17.3. The third kappa shape index (κ3) is 5.15. The predicted octanol–water partition coefficient (Wildman–Crippen LogP) is 3.81. The standard InChI is InChI=1S/C24H31N3O2/c1-19-7-8-23(25-17-19)26-13-9-21(10-14-26)24(28)27-15-11-22(12-16-27)29-18-20-5-3-2-4-6-20/h2-8,17,21-22H,9-16,18H2,1H3. The van der Waals surface area contributed by atoms with Gasteiger partial charge in [-0.1, -0.05) is 36.4 Å². The van der Waals surface area contributed by atoms with Gasteiger partial charge in [0, 0.05) is 38.3 Å². The molecule has 2 saturated heterocycles. The molecular weight excluding hydrogens is 362 g/mol. The number of likely N-dealkylation sites (tertiary alicyclic amines) is 1. The summed E-state index contributed by atoms with van der Waals surface area (Å²) in [5.41, 5.74) is 2.38. The number of aryl methyl sites for hydroxylation is 1. The molecule has 4 rings (SSSR count). The van der Waals surface area contributed by atoms with Crippen LogP contribution < -0.4 is 4.90 Å². The van der Waals surface area contributed by atoms with Gasteiger partial charge < -0.3 is 14.5 Å². The van der Waals surface area contributed by atoms with Crippen LogP contribution in [0.4, 0.5) is 5.82 Å². The normalized spacial score (nSPS) is 18.8. The van der Waals surface area contributed by atoms with E-state index in [1.165, 1.54) is 11.1 Å². The molecule has 2 aromatic rings. The van der Waals surface area contributed by atoms with Gasteiger partial charge in [0.05, 0.1) is 12.7 Å². The van der Waals surface area contributed by atoms with Crippen LogP contribution in [0.3, 0.4) is 0 Å². The first-order chi connectivity index (χ1) is 14.2. The smallest absolute Gasteiger partial charge is 0.225 e. The Morgan fingerprint density at radius 1 is 1.00 bits per heavy atom. The highest BCUT2D eigenvalue weighted by Crippen LogP contribution is 2.25. The van der Waals surface area contributed by atoms with Crippen molar-refractivity contribution >= 4 is 11.7 Å². The average Bonchev–Trinajstić information content (AvgIpc) is 2.79. The molecule has 0 bridgehead atoms. The summed E-state index contributed by atoms with van der Waals surface area (Å²) in [6, 6.07) is 14.5. The molecule has 0 atom stereocenters. The molecule has 0 radical (unpaired) electrons. The molecule has 2 aliphatic heterocycles. The Balaban J connectivity index is 1.20. The van der Waals surface area contributed by atoms with Crippen molar-refractivity contribution in [1.82, 2.24) is 9.88 Å². The highest BCUT2D eigenvalue weighted by molar-refractivity contribution is 5.79. The maximum atomic E-state index is 13.0. The van der Waals surface area contributed by atoms with E-state index >= 15 is 0 Å². The van der Waals surface area contributed by atoms with E-state index in [-0.39, 0.29) is 12.0 Å². The average molecular weight is 394 g/mol. The number of benzene rings is 1. The van der Waals surface area contributed by atoms with Gasteiger partial charge in [-0.25, -0.2) is 4.98 Å². The Hall–Kier alpha value is -2.40. The highest BCUT2D eigenvalue weighted by Gasteiger charge is 2.31. The summed E-state index contributed by atoms with van der Waals surface area (Å²) >= 11 is 0. The Kier molecular flexibility index (Phi) is 6.45. The van der Waals surface area contributed by atoms with Gasteiger partial charge in [-0.05, 0) is 49.8 Å². The van der Waals surface area contributed by atoms with Crippen molar-refractivity contribution in [2.45, 2.75) is 45.3 Å². The first-order valence-corrected chi connectivity index (χ1v) is 10.8. The summed E-state index contributed by atoms with van der Waals surface area (Å²) in [5, 5.41) is 0. The number of anilines is 1. The quantitative estimate of drug-likeness (QED) is 0.775. The highest BCUT2D eigenvalue weighted by atomic mass is 16.5. The molecule has 5 heteroatoms. The molecule has 0 aliphatic carbocycles. The SMILES string of the molecule is Cc1ccc(N2CCC(C(=O)N3CCC(OCc4ccccc4)CC3)CC2)nc1. The van der Waals surface area contributed by atoms with E-state index in [1.807, 2.05) is 24.4 Å². The number of hydrogen-bond donors (Lipinski definition) is 0. The molecular formula is C24H31N3O2. The Bertz CT molecular complexity index is 778. The number of nitrogens with zero attached hydrogens (tertiary/aromatic N) is 3. The minimum Gasteiger partial charge on any atom is -0.373 e. The van der Waals surface area contributed by atoms with Gasteiger partial charge in [-0.2, -0.15) is 0 Å². The molecule has 154 valence electrons. The maximum absolute atomic E-state index is 13.0. The number of carbonyl (C=O) groups is 1. The zero-order valence-corrected chi connectivity index (χ0v) is 17.3. The van der Waals surface area contributed by atoms with E-state index in [4.69, 9.17) is 4.74 Å². The van der Waals surface area contributed by atoms with Crippen LogP contribution in [-0.4, -0.2) is 48.1 Å². The Morgan fingerprint density at radius 3 is 2.38 bits per heavy atom. The largest absolute Gasteiger partial charge is 0.373 e. The van der Waals surface area contributed by atoms with E-state index < -0.39 is 0 Å². The minimum atomic E-state index is 0.151. The second-order valence-electron chi connectivity index (χ2n) is 8.28. The lowest BCUT2D eigenvalue weighted by Crippen LogP contribution is -2.46. The third-order valence-electron chi connectivity index (χ3n) is 6.15. The number of piperidine rings is 2. The summed E-state index contributed by atoms with van der Waals surface area (Å²) in [4.78, 5) is 21.9. The van der Waals surface area contributed by atoms with Crippen LogP contribution in [0.2, 0.25) is 0 Å². The third-order valence-corrected chi connectivity index (χ3v) is 6.15. The van der Waals surface area contributed by atoms with Crippen LogP contribution in [0.5, 0.6) is 0 Å². The van der Waals surface area contributed by atoms with Gasteiger partial charge in [0.2, 0.25) is 5.91 Å². The van der Waals surface area contributed by atoms with Crippen LogP contribution >= 0.6 is 0 Å². The number of pyridine rings is 1. The fourth-order valence-electron chi connectivity index (χ4n) is 4.29. The second kappa shape index (κ2) is 9.40. The predicted molar refractivity (Wildman–Crippen MR) is 115 cm³/mol. The van der Waals surface area contributed by atoms with Gasteiger partial charge >= 0.3 is 0 Å². The molecule has 29 heavy (non-hydrogen) atoms. The molecule has 0 N–H and O–H groups in total. The topological polar surface area (TPSA) is 45.7 Å². The number of amides is 1. The van der Waals surface area contributed by atoms with Gasteiger partial charge in [0.1, 0.15) is 5.82 Å². The van der Waals surface area contributed by atoms with E-state index in [2.05, 4.69) is 46.0 Å². The van der Waals surface area contributed by atoms with Crippen LogP contribution in [-0.2, 0) is 16.1 Å². The van der Waals surface area contributed by atoms with Gasteiger partial charge in [-0.15, -0.1) is 0 Å². The van der Waals surface area contributed by atoms with Gasteiger partial charge in [0.25, 0.3) is 0 Å². The number of ether oxygens (including phenoxy) is 1. The first kappa shape index (κ1) is 19.9. The molecule has 2 aliphatic rings. The van der Waals surface area contributed by atoms with Gasteiger partial charge in [0.15, 0.2) is 0 Å². The maximum Gasteiger partial charge on any atom is 0.225 e. The molecule has 0 saturated carbocycles. The van der Waals surface area contributed by atoms with Crippen LogP contribution in [0.1, 0.15) is 36.8 Å². The fourth-order valence-corrected chi connectivity index (χ4v) is 4.29. The molecule has 1 aromatic carbocycles. The lowest BCUT2D eigenvalue weighted by molar-refractivity contribution is -0.139. The number of aromatic nitrogens is 1. The number of carbonyl (C=O) groups excluding carboxylic acids is 1. The van der Waals surface area contributed by atoms with Crippen molar-refractivity contribution in [3.63, 3.8) is 0 Å². The fraction of sp³-hybridized carbons (Fsp3) is 0.500. The lowest BCUT2D eigenvalue weighted by Gasteiger charge is -2.37. The molecule has 1 aromatic heterocycles. The van der Waals surface area contributed by atoms with Crippen LogP contribution in [0.15, 0.2) is 48.7 Å². The molecule has 3 heterocycles. The first-order valence-electron chi connectivity index (χ1n) is 10.8. The lowest BCUT2D eigenvalue weighted by atomic mass is 9.94. The molecule has 0 unspecified atom stereocenters. The molecule has 0 spiro atoms. The molecule has 5 nitrogen and oxygen atoms in total. The summed E-state index contributed by atoms with van der Waals surface area (Å²) in [7, 11) is 0. The van der Waals surface area contributed by atoms with E-state index in [0.717, 1.165) is 57.7 Å². The van der Waals surface area contributed by atoms with Crippen LogP contribution in [0.25, 0.3) is 0 Å².